The molecule has 0 aliphatic carbocycles. The summed E-state index contributed by atoms with van der Waals surface area (Å²) in [5.41, 5.74) is 2.68. The van der Waals surface area contributed by atoms with Crippen molar-refractivity contribution in [3.8, 4) is 0 Å². The molecule has 0 radical (unpaired) electrons. The van der Waals surface area contributed by atoms with Crippen LogP contribution in [-0.2, 0) is 11.2 Å². The number of rotatable bonds is 7. The number of aryl methyl sites for hydroxylation is 1. The number of likely N-dealkylation sites (N-methyl/N-ethyl adjacent to an activating group) is 1. The molecule has 0 amide bonds. The Morgan fingerprint density at radius 2 is 1.82 bits per heavy atom. The Balaban J connectivity index is 2.64. The first-order chi connectivity index (χ1) is 8.21. The predicted molar refractivity (Wildman–Crippen MR) is 73.4 cm³/mol. The molecule has 1 aromatic carbocycles. The number of hydrogen-bond donors (Lipinski definition) is 1. The standard InChI is InChI=1S/C15H25NO/c1-5-15(17-6-2)14(16-4)11-13-9-7-12(3)8-10-13/h7-10,14-16H,5-6,11H2,1-4H3. The van der Waals surface area contributed by atoms with Crippen LogP contribution in [0.1, 0.15) is 31.4 Å². The smallest absolute Gasteiger partial charge is 0.0728 e. The molecule has 96 valence electrons. The Morgan fingerprint density at radius 1 is 1.18 bits per heavy atom. The van der Waals surface area contributed by atoms with Crippen molar-refractivity contribution >= 4 is 0 Å². The molecule has 2 nitrogen and oxygen atoms in total. The quantitative estimate of drug-likeness (QED) is 0.784. The first kappa shape index (κ1) is 14.2. The van der Waals surface area contributed by atoms with Gasteiger partial charge in [0, 0.05) is 12.6 Å². The fraction of sp³-hybridized carbons (Fsp3) is 0.600. The molecule has 0 bridgehead atoms. The fourth-order valence-corrected chi connectivity index (χ4v) is 2.13. The van der Waals surface area contributed by atoms with Crippen LogP contribution in [0.5, 0.6) is 0 Å². The summed E-state index contributed by atoms with van der Waals surface area (Å²) in [4.78, 5) is 0. The predicted octanol–water partition coefficient (Wildman–Crippen LogP) is 2.94. The first-order valence-corrected chi connectivity index (χ1v) is 6.55. The average molecular weight is 235 g/mol. The van der Waals surface area contributed by atoms with E-state index in [1.165, 1.54) is 11.1 Å². The minimum atomic E-state index is 0.298. The van der Waals surface area contributed by atoms with Crippen molar-refractivity contribution in [3.05, 3.63) is 35.4 Å². The molecule has 0 aromatic heterocycles. The van der Waals surface area contributed by atoms with Crippen LogP contribution < -0.4 is 5.32 Å². The Morgan fingerprint density at radius 3 is 2.29 bits per heavy atom. The number of benzene rings is 1. The summed E-state index contributed by atoms with van der Waals surface area (Å²) < 4.78 is 5.78. The fourth-order valence-electron chi connectivity index (χ4n) is 2.13. The molecular formula is C15H25NO. The van der Waals surface area contributed by atoms with Gasteiger partial charge < -0.3 is 10.1 Å². The maximum Gasteiger partial charge on any atom is 0.0728 e. The van der Waals surface area contributed by atoms with Gasteiger partial charge in [-0.3, -0.25) is 0 Å². The summed E-state index contributed by atoms with van der Waals surface area (Å²) in [6, 6.07) is 9.15. The van der Waals surface area contributed by atoms with Gasteiger partial charge in [-0.05, 0) is 39.3 Å². The van der Waals surface area contributed by atoms with Gasteiger partial charge in [-0.2, -0.15) is 0 Å². The number of hydrogen-bond acceptors (Lipinski definition) is 2. The maximum atomic E-state index is 5.78. The normalized spacial score (nSPS) is 14.6. The minimum absolute atomic E-state index is 0.298. The Kier molecular flexibility index (Phi) is 6.23. The van der Waals surface area contributed by atoms with Crippen LogP contribution in [0, 0.1) is 6.92 Å². The van der Waals surface area contributed by atoms with E-state index in [9.17, 15) is 0 Å². The molecule has 0 heterocycles. The third-order valence-corrected chi connectivity index (χ3v) is 3.18. The number of ether oxygens (including phenoxy) is 1. The van der Waals surface area contributed by atoms with E-state index in [1.54, 1.807) is 0 Å². The molecule has 0 aliphatic rings. The molecule has 0 fully saturated rings. The van der Waals surface area contributed by atoms with Crippen molar-refractivity contribution in [1.29, 1.82) is 0 Å². The van der Waals surface area contributed by atoms with Gasteiger partial charge in [0.15, 0.2) is 0 Å². The van der Waals surface area contributed by atoms with E-state index < -0.39 is 0 Å². The van der Waals surface area contributed by atoms with Gasteiger partial charge in [-0.1, -0.05) is 36.8 Å². The van der Waals surface area contributed by atoms with Crippen LogP contribution in [0.3, 0.4) is 0 Å². The highest BCUT2D eigenvalue weighted by molar-refractivity contribution is 5.22. The van der Waals surface area contributed by atoms with Crippen molar-refractivity contribution in [1.82, 2.24) is 5.32 Å². The van der Waals surface area contributed by atoms with Gasteiger partial charge in [0.25, 0.3) is 0 Å². The third-order valence-electron chi connectivity index (χ3n) is 3.18. The summed E-state index contributed by atoms with van der Waals surface area (Å²) in [6.45, 7) is 7.14. The molecule has 2 heteroatoms. The van der Waals surface area contributed by atoms with Crippen LogP contribution >= 0.6 is 0 Å². The summed E-state index contributed by atoms with van der Waals surface area (Å²) in [5.74, 6) is 0. The van der Waals surface area contributed by atoms with Crippen molar-refractivity contribution in [2.75, 3.05) is 13.7 Å². The lowest BCUT2D eigenvalue weighted by Crippen LogP contribution is -2.40. The molecular weight excluding hydrogens is 210 g/mol. The lowest BCUT2D eigenvalue weighted by molar-refractivity contribution is 0.0339. The molecule has 0 saturated carbocycles. The Bertz CT molecular complexity index is 307. The first-order valence-electron chi connectivity index (χ1n) is 6.55. The molecule has 17 heavy (non-hydrogen) atoms. The van der Waals surface area contributed by atoms with E-state index in [-0.39, 0.29) is 0 Å². The zero-order valence-corrected chi connectivity index (χ0v) is 11.5. The van der Waals surface area contributed by atoms with Crippen LogP contribution in [-0.4, -0.2) is 25.8 Å². The maximum absolute atomic E-state index is 5.78. The topological polar surface area (TPSA) is 21.3 Å². The summed E-state index contributed by atoms with van der Waals surface area (Å²) in [5, 5.41) is 3.38. The minimum Gasteiger partial charge on any atom is -0.377 e. The molecule has 2 unspecified atom stereocenters. The van der Waals surface area contributed by atoms with Gasteiger partial charge in [0.05, 0.1) is 6.10 Å². The van der Waals surface area contributed by atoms with Gasteiger partial charge in [0.1, 0.15) is 0 Å². The largest absolute Gasteiger partial charge is 0.377 e. The summed E-state index contributed by atoms with van der Waals surface area (Å²) in [6.07, 6.45) is 2.37. The van der Waals surface area contributed by atoms with E-state index in [2.05, 4.69) is 50.4 Å². The highest BCUT2D eigenvalue weighted by Crippen LogP contribution is 2.12. The average Bonchev–Trinajstić information content (AvgIpc) is 2.36. The monoisotopic (exact) mass is 235 g/mol. The van der Waals surface area contributed by atoms with Crippen LogP contribution in [0.15, 0.2) is 24.3 Å². The van der Waals surface area contributed by atoms with Crippen molar-refractivity contribution in [2.45, 2.75) is 45.8 Å². The van der Waals surface area contributed by atoms with Gasteiger partial charge in [0.2, 0.25) is 0 Å². The van der Waals surface area contributed by atoms with Crippen LogP contribution in [0.4, 0.5) is 0 Å². The molecule has 0 saturated heterocycles. The van der Waals surface area contributed by atoms with Gasteiger partial charge in [-0.25, -0.2) is 0 Å². The van der Waals surface area contributed by atoms with Crippen LogP contribution in [0.2, 0.25) is 0 Å². The highest BCUT2D eigenvalue weighted by atomic mass is 16.5. The van der Waals surface area contributed by atoms with Gasteiger partial charge in [-0.15, -0.1) is 0 Å². The summed E-state index contributed by atoms with van der Waals surface area (Å²) >= 11 is 0. The van der Waals surface area contributed by atoms with Crippen LogP contribution in [0.25, 0.3) is 0 Å². The Hall–Kier alpha value is -0.860. The highest BCUT2D eigenvalue weighted by Gasteiger charge is 2.18. The van der Waals surface area contributed by atoms with E-state index >= 15 is 0 Å². The second kappa shape index (κ2) is 7.46. The molecule has 1 N–H and O–H groups in total. The molecule has 0 spiro atoms. The van der Waals surface area contributed by atoms with E-state index in [0.717, 1.165) is 19.4 Å². The van der Waals surface area contributed by atoms with Crippen molar-refractivity contribution in [3.63, 3.8) is 0 Å². The lowest BCUT2D eigenvalue weighted by atomic mass is 9.99. The zero-order valence-electron chi connectivity index (χ0n) is 11.5. The van der Waals surface area contributed by atoms with Crippen molar-refractivity contribution in [2.24, 2.45) is 0 Å². The lowest BCUT2D eigenvalue weighted by Gasteiger charge is -2.26. The molecule has 1 aromatic rings. The SMILES string of the molecule is CCOC(CC)C(Cc1ccc(C)cc1)NC. The molecule has 0 aliphatic heterocycles. The van der Waals surface area contributed by atoms with E-state index in [4.69, 9.17) is 4.74 Å². The van der Waals surface area contributed by atoms with E-state index in [0.29, 0.717) is 12.1 Å². The van der Waals surface area contributed by atoms with Gasteiger partial charge >= 0.3 is 0 Å². The zero-order chi connectivity index (χ0) is 12.7. The van der Waals surface area contributed by atoms with E-state index in [1.807, 2.05) is 7.05 Å². The van der Waals surface area contributed by atoms with Crippen molar-refractivity contribution < 1.29 is 4.74 Å². The summed E-state index contributed by atoms with van der Waals surface area (Å²) in [7, 11) is 2.01. The Labute approximate surface area is 105 Å². The molecule has 2 atom stereocenters. The molecule has 1 rings (SSSR count). The second-order valence-electron chi connectivity index (χ2n) is 4.49. The second-order valence-corrected chi connectivity index (χ2v) is 4.49. The third kappa shape index (κ3) is 4.49. The number of nitrogens with one attached hydrogen (secondary N) is 1.